The number of nitrogens with zero attached hydrogens (tertiary/aromatic N) is 1. The van der Waals surface area contributed by atoms with Crippen LogP contribution < -0.4 is 0 Å². The number of benzene rings is 1. The first kappa shape index (κ1) is 8.73. The van der Waals surface area contributed by atoms with Gasteiger partial charge in [0.25, 0.3) is 0 Å². The van der Waals surface area contributed by atoms with Crippen LogP contribution in [0.25, 0.3) is 22.2 Å². The van der Waals surface area contributed by atoms with Gasteiger partial charge in [-0.3, -0.25) is 5.10 Å². The van der Waals surface area contributed by atoms with Gasteiger partial charge in [-0.25, -0.2) is 0 Å². The van der Waals surface area contributed by atoms with E-state index in [1.807, 2.05) is 24.3 Å². The lowest BCUT2D eigenvalue weighted by molar-refractivity contribution is 0.583. The Balaban J connectivity index is 2.37. The first-order valence-corrected chi connectivity index (χ1v) is 5.31. The van der Waals surface area contributed by atoms with Crippen molar-refractivity contribution in [2.45, 2.75) is 0 Å². The molecule has 0 bridgehead atoms. The number of halogens is 1. The highest BCUT2D eigenvalue weighted by Gasteiger charge is 2.09. The maximum absolute atomic E-state index is 5.37. The Morgan fingerprint density at radius 2 is 2.20 bits per heavy atom. The maximum Gasteiger partial charge on any atom is 0.136 e. The summed E-state index contributed by atoms with van der Waals surface area (Å²) in [5, 5.41) is 8.07. The number of hydrogen-bond donors (Lipinski definition) is 1. The lowest BCUT2D eigenvalue weighted by Crippen LogP contribution is -1.78. The highest BCUT2D eigenvalue weighted by atomic mass is 79.9. The molecule has 74 valence electrons. The number of hydrogen-bond acceptors (Lipinski definition) is 2. The smallest absolute Gasteiger partial charge is 0.136 e. The standard InChI is InChI=1S/C11H7BrN2O/c12-9-4-3-7(10-2-1-5-15-10)11-8(9)6-13-14-11/h1-6H,(H,13,14). The second-order valence-corrected chi connectivity index (χ2v) is 4.09. The van der Waals surface area contributed by atoms with Crippen molar-refractivity contribution >= 4 is 26.8 Å². The molecule has 2 aromatic heterocycles. The van der Waals surface area contributed by atoms with Gasteiger partial charge in [0.15, 0.2) is 0 Å². The monoisotopic (exact) mass is 262 g/mol. The van der Waals surface area contributed by atoms with Crippen molar-refractivity contribution in [1.29, 1.82) is 0 Å². The molecular weight excluding hydrogens is 256 g/mol. The van der Waals surface area contributed by atoms with Crippen molar-refractivity contribution in [3.8, 4) is 11.3 Å². The summed E-state index contributed by atoms with van der Waals surface area (Å²) in [4.78, 5) is 0. The zero-order valence-electron chi connectivity index (χ0n) is 7.70. The van der Waals surface area contributed by atoms with Crippen molar-refractivity contribution < 1.29 is 4.42 Å². The van der Waals surface area contributed by atoms with Crippen molar-refractivity contribution in [3.63, 3.8) is 0 Å². The number of fused-ring (bicyclic) bond motifs is 1. The predicted molar refractivity (Wildman–Crippen MR) is 61.5 cm³/mol. The minimum atomic E-state index is 0.844. The molecule has 3 rings (SSSR count). The molecule has 3 aromatic rings. The lowest BCUT2D eigenvalue weighted by atomic mass is 10.1. The van der Waals surface area contributed by atoms with Gasteiger partial charge in [-0.15, -0.1) is 0 Å². The van der Waals surface area contributed by atoms with E-state index in [1.54, 1.807) is 12.5 Å². The minimum Gasteiger partial charge on any atom is -0.464 e. The Bertz CT molecular complexity index is 598. The minimum absolute atomic E-state index is 0.844. The van der Waals surface area contributed by atoms with Crippen LogP contribution in [0, 0.1) is 0 Å². The van der Waals surface area contributed by atoms with Crippen LogP contribution >= 0.6 is 15.9 Å². The summed E-state index contributed by atoms with van der Waals surface area (Å²) in [7, 11) is 0. The van der Waals surface area contributed by atoms with Crippen molar-refractivity contribution in [1.82, 2.24) is 10.2 Å². The van der Waals surface area contributed by atoms with Gasteiger partial charge in [0, 0.05) is 15.4 Å². The van der Waals surface area contributed by atoms with E-state index in [-0.39, 0.29) is 0 Å². The van der Waals surface area contributed by atoms with E-state index in [2.05, 4.69) is 26.1 Å². The molecule has 0 radical (unpaired) electrons. The van der Waals surface area contributed by atoms with E-state index in [0.717, 1.165) is 26.7 Å². The Morgan fingerprint density at radius 3 is 3.00 bits per heavy atom. The van der Waals surface area contributed by atoms with Crippen LogP contribution in [0.5, 0.6) is 0 Å². The summed E-state index contributed by atoms with van der Waals surface area (Å²) < 4.78 is 6.40. The summed E-state index contributed by atoms with van der Waals surface area (Å²) >= 11 is 3.48. The third-order valence-electron chi connectivity index (χ3n) is 2.35. The molecular formula is C11H7BrN2O. The molecule has 0 saturated heterocycles. The number of H-pyrrole nitrogens is 1. The van der Waals surface area contributed by atoms with E-state index in [1.165, 1.54) is 0 Å². The normalized spacial score (nSPS) is 11.0. The zero-order valence-corrected chi connectivity index (χ0v) is 9.28. The van der Waals surface area contributed by atoms with E-state index >= 15 is 0 Å². The van der Waals surface area contributed by atoms with E-state index in [0.29, 0.717) is 0 Å². The van der Waals surface area contributed by atoms with Crippen molar-refractivity contribution in [2.75, 3.05) is 0 Å². The molecule has 3 nitrogen and oxygen atoms in total. The first-order chi connectivity index (χ1) is 7.36. The number of rotatable bonds is 1. The zero-order chi connectivity index (χ0) is 10.3. The Labute approximate surface area is 94.2 Å². The molecule has 0 spiro atoms. The van der Waals surface area contributed by atoms with Crippen molar-refractivity contribution in [3.05, 3.63) is 41.2 Å². The fraction of sp³-hybridized carbons (Fsp3) is 0. The molecule has 0 fully saturated rings. The third kappa shape index (κ3) is 1.29. The SMILES string of the molecule is Brc1ccc(-c2ccco2)c2[nH]ncc12. The first-order valence-electron chi connectivity index (χ1n) is 4.52. The van der Waals surface area contributed by atoms with Crippen LogP contribution in [-0.4, -0.2) is 10.2 Å². The fourth-order valence-electron chi connectivity index (χ4n) is 1.64. The Morgan fingerprint density at radius 1 is 1.27 bits per heavy atom. The summed E-state index contributed by atoms with van der Waals surface area (Å²) in [6.07, 6.45) is 3.46. The molecule has 15 heavy (non-hydrogen) atoms. The second-order valence-electron chi connectivity index (χ2n) is 3.23. The average molecular weight is 263 g/mol. The molecule has 2 heterocycles. The van der Waals surface area contributed by atoms with Gasteiger partial charge in [0.2, 0.25) is 0 Å². The van der Waals surface area contributed by atoms with Crippen LogP contribution in [0.15, 0.2) is 45.6 Å². The van der Waals surface area contributed by atoms with Gasteiger partial charge in [0.1, 0.15) is 5.76 Å². The Kier molecular flexibility index (Phi) is 1.89. The number of nitrogens with one attached hydrogen (secondary N) is 1. The summed E-state index contributed by atoms with van der Waals surface area (Å²) in [6.45, 7) is 0. The molecule has 4 heteroatoms. The third-order valence-corrected chi connectivity index (χ3v) is 3.04. The fourth-order valence-corrected chi connectivity index (χ4v) is 2.07. The second kappa shape index (κ2) is 3.24. The number of furan rings is 1. The molecule has 0 saturated carbocycles. The topological polar surface area (TPSA) is 41.8 Å². The largest absolute Gasteiger partial charge is 0.464 e. The van der Waals surface area contributed by atoms with Gasteiger partial charge >= 0.3 is 0 Å². The molecule has 1 aromatic carbocycles. The van der Waals surface area contributed by atoms with E-state index in [9.17, 15) is 0 Å². The van der Waals surface area contributed by atoms with Gasteiger partial charge in [-0.1, -0.05) is 15.9 Å². The lowest BCUT2D eigenvalue weighted by Gasteiger charge is -2.00. The van der Waals surface area contributed by atoms with Crippen LogP contribution in [-0.2, 0) is 0 Å². The predicted octanol–water partition coefficient (Wildman–Crippen LogP) is 3.59. The van der Waals surface area contributed by atoms with Gasteiger partial charge in [0.05, 0.1) is 18.0 Å². The quantitative estimate of drug-likeness (QED) is 0.729. The molecule has 0 amide bonds. The van der Waals surface area contributed by atoms with Crippen LogP contribution in [0.1, 0.15) is 0 Å². The summed E-state index contributed by atoms with van der Waals surface area (Å²) in [6, 6.07) is 7.81. The average Bonchev–Trinajstić information content (AvgIpc) is 2.88. The highest BCUT2D eigenvalue weighted by Crippen LogP contribution is 2.31. The van der Waals surface area contributed by atoms with E-state index < -0.39 is 0 Å². The maximum atomic E-state index is 5.37. The Hall–Kier alpha value is -1.55. The van der Waals surface area contributed by atoms with Crippen LogP contribution in [0.2, 0.25) is 0 Å². The van der Waals surface area contributed by atoms with Crippen LogP contribution in [0.3, 0.4) is 0 Å². The van der Waals surface area contributed by atoms with Crippen molar-refractivity contribution in [2.24, 2.45) is 0 Å². The summed E-state index contributed by atoms with van der Waals surface area (Å²) in [5.41, 5.74) is 2.01. The van der Waals surface area contributed by atoms with Gasteiger partial charge in [-0.2, -0.15) is 5.10 Å². The van der Waals surface area contributed by atoms with Gasteiger partial charge < -0.3 is 4.42 Å². The molecule has 0 unspecified atom stereocenters. The molecule has 1 N–H and O–H groups in total. The number of aromatic amines is 1. The molecule has 0 aliphatic carbocycles. The van der Waals surface area contributed by atoms with Gasteiger partial charge in [-0.05, 0) is 24.3 Å². The highest BCUT2D eigenvalue weighted by molar-refractivity contribution is 9.10. The van der Waals surface area contributed by atoms with E-state index in [4.69, 9.17) is 4.42 Å². The molecule has 0 atom stereocenters. The number of aromatic nitrogens is 2. The molecule has 0 aliphatic heterocycles. The summed E-state index contributed by atoms with van der Waals surface area (Å²) in [5.74, 6) is 0.844. The van der Waals surface area contributed by atoms with Crippen LogP contribution in [0.4, 0.5) is 0 Å². The molecule has 0 aliphatic rings.